The largest absolute Gasteiger partial charge is 0.333 e. The van der Waals surface area contributed by atoms with E-state index in [0.717, 1.165) is 17.8 Å². The Labute approximate surface area is 410 Å². The number of anilines is 5. The maximum Gasteiger partial charge on any atom is 0.0585 e. The average molecular weight is 897 g/mol. The van der Waals surface area contributed by atoms with Crippen LogP contribution in [0.5, 0.6) is 0 Å². The first-order valence-corrected chi connectivity index (χ1v) is 24.9. The van der Waals surface area contributed by atoms with E-state index in [1.54, 1.807) is 0 Å². The fourth-order valence-corrected chi connectivity index (χ4v) is 11.8. The molecule has 334 valence electrons. The maximum absolute atomic E-state index is 2.58. The molecule has 11 aromatic carbocycles. The maximum atomic E-state index is 2.58. The summed E-state index contributed by atoms with van der Waals surface area (Å²) < 4.78 is 0. The van der Waals surface area contributed by atoms with Crippen LogP contribution in [0.4, 0.5) is 28.4 Å². The number of benzene rings is 11. The van der Waals surface area contributed by atoms with Gasteiger partial charge in [-0.1, -0.05) is 214 Å². The van der Waals surface area contributed by atoms with Gasteiger partial charge in [0.15, 0.2) is 0 Å². The van der Waals surface area contributed by atoms with E-state index in [1.807, 2.05) is 0 Å². The monoisotopic (exact) mass is 896 g/mol. The van der Waals surface area contributed by atoms with Crippen LogP contribution in [-0.4, -0.2) is 6.04 Å². The molecule has 2 aliphatic rings. The summed E-state index contributed by atoms with van der Waals surface area (Å²) in [4.78, 5) is 5.00. The molecule has 0 saturated heterocycles. The Kier molecular flexibility index (Phi) is 10.3. The fraction of sp³-hybridized carbons (Fsp3) is 0.0882. The number of allylic oxidation sites excluding steroid dienone is 3. The smallest absolute Gasteiger partial charge is 0.0585 e. The molecular weight excluding hydrogens is 845 g/mol. The lowest BCUT2D eigenvalue weighted by molar-refractivity contribution is 0.610. The highest BCUT2D eigenvalue weighted by Crippen LogP contribution is 2.50. The molecule has 0 spiro atoms. The minimum absolute atomic E-state index is 0.150. The topological polar surface area (TPSA) is 6.48 Å². The lowest BCUT2D eigenvalue weighted by Gasteiger charge is -2.37. The predicted molar refractivity (Wildman–Crippen MR) is 301 cm³/mol. The van der Waals surface area contributed by atoms with Gasteiger partial charge in [-0.05, 0) is 143 Å². The van der Waals surface area contributed by atoms with Crippen LogP contribution >= 0.6 is 0 Å². The van der Waals surface area contributed by atoms with E-state index in [9.17, 15) is 0 Å². The van der Waals surface area contributed by atoms with Crippen LogP contribution in [0.25, 0.3) is 82.2 Å². The van der Waals surface area contributed by atoms with Gasteiger partial charge in [0.1, 0.15) is 0 Å². The van der Waals surface area contributed by atoms with Gasteiger partial charge < -0.3 is 9.80 Å². The highest BCUT2D eigenvalue weighted by atomic mass is 15.2. The van der Waals surface area contributed by atoms with Gasteiger partial charge in [-0.2, -0.15) is 0 Å². The predicted octanol–water partition coefficient (Wildman–Crippen LogP) is 19.0. The van der Waals surface area contributed by atoms with Crippen molar-refractivity contribution in [1.29, 1.82) is 0 Å². The third-order valence-corrected chi connectivity index (χ3v) is 15.1. The Morgan fingerprint density at radius 2 is 0.871 bits per heavy atom. The Morgan fingerprint density at radius 3 is 1.50 bits per heavy atom. The summed E-state index contributed by atoms with van der Waals surface area (Å²) in [6, 6.07) is 78.9. The van der Waals surface area contributed by atoms with Crippen LogP contribution in [0.2, 0.25) is 0 Å². The molecule has 70 heavy (non-hydrogen) atoms. The molecule has 0 heterocycles. The number of para-hydroxylation sites is 1. The van der Waals surface area contributed by atoms with Crippen LogP contribution in [-0.2, 0) is 0 Å². The standard InChI is InChI=1S/C68H52N2/c1-45-19-6-17-34-63(45)70(65-44-50-22-8-10-26-55(50)57-28-12-14-30-59(57)65)53-41-37-48(38-42-53)68-61-32-16-15-31-60(61)67(62-33-18-20-46(2)66(62)68)47-35-39-52(40-36-47)69(51-23-4-3-5-24-51)64-43-49-21-7-9-25-54(49)56-27-11-13-29-58(56)64/h3-19,21-46,63H,20H2,1-2H3. The number of rotatable bonds is 8. The molecule has 0 bridgehead atoms. The van der Waals surface area contributed by atoms with Crippen molar-refractivity contribution in [1.82, 2.24) is 0 Å². The van der Waals surface area contributed by atoms with E-state index in [0.29, 0.717) is 11.8 Å². The van der Waals surface area contributed by atoms with E-state index in [2.05, 4.69) is 272 Å². The molecule has 2 nitrogen and oxygen atoms in total. The number of hydrogen-bond donors (Lipinski definition) is 0. The van der Waals surface area contributed by atoms with Crippen LogP contribution < -0.4 is 9.80 Å². The van der Waals surface area contributed by atoms with Crippen molar-refractivity contribution in [2.24, 2.45) is 5.92 Å². The first-order chi connectivity index (χ1) is 34.6. The Morgan fingerprint density at radius 1 is 0.400 bits per heavy atom. The summed E-state index contributed by atoms with van der Waals surface area (Å²) in [5, 5.41) is 12.6. The second kappa shape index (κ2) is 17.3. The molecule has 0 aromatic heterocycles. The zero-order chi connectivity index (χ0) is 46.7. The molecule has 0 saturated carbocycles. The van der Waals surface area contributed by atoms with E-state index in [-0.39, 0.29) is 6.04 Å². The summed E-state index contributed by atoms with van der Waals surface area (Å²) in [6.07, 6.45) is 14.9. The Balaban J connectivity index is 0.947. The summed E-state index contributed by atoms with van der Waals surface area (Å²) in [5.74, 6) is 0.660. The van der Waals surface area contributed by atoms with Crippen molar-refractivity contribution in [2.75, 3.05) is 9.80 Å². The zero-order valence-corrected chi connectivity index (χ0v) is 39.5. The van der Waals surface area contributed by atoms with E-state index >= 15 is 0 Å². The van der Waals surface area contributed by atoms with E-state index in [4.69, 9.17) is 0 Å². The third-order valence-electron chi connectivity index (χ3n) is 15.1. The van der Waals surface area contributed by atoms with Gasteiger partial charge in [0.05, 0.1) is 17.4 Å². The van der Waals surface area contributed by atoms with Crippen molar-refractivity contribution in [3.05, 3.63) is 254 Å². The average Bonchev–Trinajstić information content (AvgIpc) is 3.42. The normalized spacial score (nSPS) is 16.3. The van der Waals surface area contributed by atoms with Gasteiger partial charge in [-0.15, -0.1) is 0 Å². The molecule has 11 aromatic rings. The summed E-state index contributed by atoms with van der Waals surface area (Å²) in [5.41, 5.74) is 13.7. The van der Waals surface area contributed by atoms with Crippen LogP contribution in [0, 0.1) is 5.92 Å². The highest BCUT2D eigenvalue weighted by Gasteiger charge is 2.29. The molecule has 0 aliphatic heterocycles. The molecule has 3 unspecified atom stereocenters. The first kappa shape index (κ1) is 41.7. The van der Waals surface area contributed by atoms with Gasteiger partial charge >= 0.3 is 0 Å². The first-order valence-electron chi connectivity index (χ1n) is 24.9. The molecular formula is C68H52N2. The molecule has 0 amide bonds. The lowest BCUT2D eigenvalue weighted by atomic mass is 9.76. The third kappa shape index (κ3) is 6.93. The van der Waals surface area contributed by atoms with Gasteiger partial charge in [-0.3, -0.25) is 0 Å². The van der Waals surface area contributed by atoms with E-state index in [1.165, 1.54) is 104 Å². The molecule has 2 aliphatic carbocycles. The summed E-state index contributed by atoms with van der Waals surface area (Å²) in [7, 11) is 0. The van der Waals surface area contributed by atoms with Gasteiger partial charge in [0.25, 0.3) is 0 Å². The van der Waals surface area contributed by atoms with Gasteiger partial charge in [0, 0.05) is 27.8 Å². The van der Waals surface area contributed by atoms with Crippen molar-refractivity contribution in [3.8, 4) is 22.3 Å². The van der Waals surface area contributed by atoms with Crippen molar-refractivity contribution >= 4 is 88.4 Å². The minimum atomic E-state index is 0.150. The van der Waals surface area contributed by atoms with Crippen molar-refractivity contribution < 1.29 is 0 Å². The highest BCUT2D eigenvalue weighted by molar-refractivity contribution is 6.16. The fourth-order valence-electron chi connectivity index (χ4n) is 11.8. The quantitative estimate of drug-likeness (QED) is 0.140. The Hall–Kier alpha value is -8.46. The van der Waals surface area contributed by atoms with Crippen molar-refractivity contribution in [3.63, 3.8) is 0 Å². The SMILES string of the molecule is CC1CC=Cc2c1c(-c1ccc(N(c3cc4ccccc4c4ccccc34)C3C=CC=CC3C)cc1)c1ccccc1c2-c1ccc(N(c2ccccc2)c2cc3ccccc3c3ccccc23)cc1. The van der Waals surface area contributed by atoms with Crippen molar-refractivity contribution in [2.45, 2.75) is 32.2 Å². The molecule has 2 heteroatoms. The molecule has 0 fully saturated rings. The lowest BCUT2D eigenvalue weighted by Crippen LogP contribution is -2.35. The van der Waals surface area contributed by atoms with Crippen LogP contribution in [0.3, 0.4) is 0 Å². The Bertz CT molecular complexity index is 3900. The molecule has 3 atom stereocenters. The second-order valence-corrected chi connectivity index (χ2v) is 19.2. The molecule has 0 N–H and O–H groups in total. The number of hydrogen-bond acceptors (Lipinski definition) is 2. The molecule has 0 radical (unpaired) electrons. The minimum Gasteiger partial charge on any atom is -0.333 e. The second-order valence-electron chi connectivity index (χ2n) is 19.2. The summed E-state index contributed by atoms with van der Waals surface area (Å²) >= 11 is 0. The van der Waals surface area contributed by atoms with E-state index < -0.39 is 0 Å². The van der Waals surface area contributed by atoms with Gasteiger partial charge in [-0.25, -0.2) is 0 Å². The zero-order valence-electron chi connectivity index (χ0n) is 39.5. The van der Waals surface area contributed by atoms with Gasteiger partial charge in [0.2, 0.25) is 0 Å². The van der Waals surface area contributed by atoms with Crippen LogP contribution in [0.1, 0.15) is 37.3 Å². The molecule has 13 rings (SSSR count). The number of nitrogens with zero attached hydrogens (tertiary/aromatic N) is 2. The van der Waals surface area contributed by atoms with Crippen LogP contribution in [0.15, 0.2) is 243 Å². The summed E-state index contributed by atoms with van der Waals surface area (Å²) in [6.45, 7) is 4.74. The number of fused-ring (bicyclic) bond motifs is 8.